The summed E-state index contributed by atoms with van der Waals surface area (Å²) in [7, 11) is 0. The van der Waals surface area contributed by atoms with E-state index in [1.807, 2.05) is 0 Å². The Morgan fingerprint density at radius 2 is 2.12 bits per heavy atom. The zero-order chi connectivity index (χ0) is 12.8. The summed E-state index contributed by atoms with van der Waals surface area (Å²) in [6.07, 6.45) is 3.42. The number of carboxylic acid groups (broad SMARTS) is 1. The molecule has 0 bridgehead atoms. The molecule has 2 N–H and O–H groups in total. The molecular formula is C12H12ClNO3. The molecule has 0 spiro atoms. The topological polar surface area (TPSA) is 66.4 Å². The molecule has 0 atom stereocenters. The van der Waals surface area contributed by atoms with Crippen LogP contribution in [-0.2, 0) is 4.79 Å². The molecule has 0 aliphatic heterocycles. The third-order valence-corrected chi connectivity index (χ3v) is 2.16. The summed E-state index contributed by atoms with van der Waals surface area (Å²) in [4.78, 5) is 21.4. The predicted octanol–water partition coefficient (Wildman–Crippen LogP) is 2.19. The Hall–Kier alpha value is -1.81. The Bertz CT molecular complexity index is 469. The fourth-order valence-corrected chi connectivity index (χ4v) is 1.47. The third kappa shape index (κ3) is 4.70. The maximum Gasteiger partial charge on any atom is 0.335 e. The second-order valence-corrected chi connectivity index (χ2v) is 3.85. The molecule has 0 aromatic heterocycles. The lowest BCUT2D eigenvalue weighted by Crippen LogP contribution is -2.19. The number of benzene rings is 1. The molecule has 4 nitrogen and oxygen atoms in total. The van der Waals surface area contributed by atoms with E-state index < -0.39 is 5.97 Å². The summed E-state index contributed by atoms with van der Waals surface area (Å²) in [5.74, 6) is -1.14. The normalized spacial score (nSPS) is 10.5. The maximum atomic E-state index is 10.8. The minimum atomic E-state index is -1.02. The molecule has 0 aliphatic carbocycles. The van der Waals surface area contributed by atoms with E-state index >= 15 is 0 Å². The van der Waals surface area contributed by atoms with Gasteiger partial charge in [-0.05, 0) is 23.8 Å². The number of nitrogens with one attached hydrogen (secondary N) is 1. The number of carbonyl (C=O) groups excluding carboxylic acids is 1. The number of carbonyl (C=O) groups is 2. The van der Waals surface area contributed by atoms with Crippen LogP contribution in [0.4, 0.5) is 0 Å². The van der Waals surface area contributed by atoms with Crippen LogP contribution >= 0.6 is 11.6 Å². The summed E-state index contributed by atoms with van der Waals surface area (Å²) in [6.45, 7) is 1.82. The van der Waals surface area contributed by atoms with Crippen molar-refractivity contribution in [1.29, 1.82) is 0 Å². The van der Waals surface area contributed by atoms with Crippen molar-refractivity contribution in [3.63, 3.8) is 0 Å². The SMILES string of the molecule is CC(=O)NCC=Cc1cc(Cl)cc(C(=O)O)c1. The number of hydrogen-bond acceptors (Lipinski definition) is 2. The Morgan fingerprint density at radius 3 is 2.71 bits per heavy atom. The van der Waals surface area contributed by atoms with Crippen molar-refractivity contribution in [3.05, 3.63) is 40.4 Å². The van der Waals surface area contributed by atoms with Crippen LogP contribution in [0.1, 0.15) is 22.8 Å². The number of aromatic carboxylic acids is 1. The number of rotatable bonds is 4. The van der Waals surface area contributed by atoms with Gasteiger partial charge in [0.05, 0.1) is 5.56 Å². The van der Waals surface area contributed by atoms with Crippen molar-refractivity contribution in [2.75, 3.05) is 6.54 Å². The van der Waals surface area contributed by atoms with E-state index in [1.54, 1.807) is 18.2 Å². The van der Waals surface area contributed by atoms with E-state index in [0.717, 1.165) is 0 Å². The highest BCUT2D eigenvalue weighted by Gasteiger charge is 2.04. The van der Waals surface area contributed by atoms with Crippen molar-refractivity contribution in [2.45, 2.75) is 6.92 Å². The van der Waals surface area contributed by atoms with Gasteiger partial charge in [-0.3, -0.25) is 4.79 Å². The van der Waals surface area contributed by atoms with Crippen LogP contribution in [0.3, 0.4) is 0 Å². The lowest BCUT2D eigenvalue weighted by Gasteiger charge is -2.00. The first-order valence-corrected chi connectivity index (χ1v) is 5.31. The molecule has 0 heterocycles. The van der Waals surface area contributed by atoms with Crippen LogP contribution in [0, 0.1) is 0 Å². The molecule has 0 aliphatic rings. The van der Waals surface area contributed by atoms with Crippen molar-refractivity contribution in [3.8, 4) is 0 Å². The van der Waals surface area contributed by atoms with Gasteiger partial charge in [-0.1, -0.05) is 23.8 Å². The molecule has 0 fully saturated rings. The van der Waals surface area contributed by atoms with Crippen LogP contribution < -0.4 is 5.32 Å². The first kappa shape index (κ1) is 13.3. The molecule has 0 saturated heterocycles. The van der Waals surface area contributed by atoms with E-state index in [1.165, 1.54) is 19.1 Å². The number of amides is 1. The van der Waals surface area contributed by atoms with Crippen LogP contribution in [0.25, 0.3) is 6.08 Å². The maximum absolute atomic E-state index is 10.8. The summed E-state index contributed by atoms with van der Waals surface area (Å²) < 4.78 is 0. The van der Waals surface area contributed by atoms with Crippen LogP contribution in [0.2, 0.25) is 5.02 Å². The second-order valence-electron chi connectivity index (χ2n) is 3.42. The van der Waals surface area contributed by atoms with E-state index in [4.69, 9.17) is 16.7 Å². The molecule has 0 saturated carbocycles. The van der Waals surface area contributed by atoms with Gasteiger partial charge in [0.2, 0.25) is 5.91 Å². The van der Waals surface area contributed by atoms with Gasteiger partial charge in [0.25, 0.3) is 0 Å². The molecule has 1 aromatic carbocycles. The lowest BCUT2D eigenvalue weighted by atomic mass is 10.1. The predicted molar refractivity (Wildman–Crippen MR) is 66.1 cm³/mol. The molecule has 1 amide bonds. The van der Waals surface area contributed by atoms with Crippen LogP contribution in [0.5, 0.6) is 0 Å². The van der Waals surface area contributed by atoms with Crippen LogP contribution in [0.15, 0.2) is 24.3 Å². The lowest BCUT2D eigenvalue weighted by molar-refractivity contribution is -0.118. The minimum Gasteiger partial charge on any atom is -0.478 e. The highest BCUT2D eigenvalue weighted by Crippen LogP contribution is 2.16. The monoisotopic (exact) mass is 253 g/mol. The summed E-state index contributed by atoms with van der Waals surface area (Å²) in [5, 5.41) is 11.8. The highest BCUT2D eigenvalue weighted by molar-refractivity contribution is 6.31. The van der Waals surface area contributed by atoms with Crippen LogP contribution in [-0.4, -0.2) is 23.5 Å². The molecule has 90 valence electrons. The van der Waals surface area contributed by atoms with E-state index in [0.29, 0.717) is 17.1 Å². The largest absolute Gasteiger partial charge is 0.478 e. The molecule has 0 unspecified atom stereocenters. The van der Waals surface area contributed by atoms with E-state index in [2.05, 4.69) is 5.32 Å². The Balaban J connectivity index is 2.77. The fourth-order valence-electron chi connectivity index (χ4n) is 1.23. The van der Waals surface area contributed by atoms with Gasteiger partial charge in [0, 0.05) is 18.5 Å². The van der Waals surface area contributed by atoms with Crippen molar-refractivity contribution < 1.29 is 14.7 Å². The average Bonchev–Trinajstić information content (AvgIpc) is 2.23. The molecular weight excluding hydrogens is 242 g/mol. The molecule has 0 radical (unpaired) electrons. The Labute approximate surface area is 104 Å². The second kappa shape index (κ2) is 6.06. The summed E-state index contributed by atoms with van der Waals surface area (Å²) >= 11 is 5.79. The zero-order valence-corrected chi connectivity index (χ0v) is 9.99. The first-order valence-electron chi connectivity index (χ1n) is 4.94. The first-order chi connectivity index (χ1) is 7.99. The van der Waals surface area contributed by atoms with Gasteiger partial charge >= 0.3 is 5.97 Å². The number of carboxylic acids is 1. The minimum absolute atomic E-state index is 0.119. The van der Waals surface area contributed by atoms with Crippen molar-refractivity contribution in [2.24, 2.45) is 0 Å². The van der Waals surface area contributed by atoms with Gasteiger partial charge in [-0.15, -0.1) is 0 Å². The molecule has 5 heteroatoms. The number of halogens is 1. The smallest absolute Gasteiger partial charge is 0.335 e. The van der Waals surface area contributed by atoms with Gasteiger partial charge in [0.1, 0.15) is 0 Å². The number of hydrogen-bond donors (Lipinski definition) is 2. The summed E-state index contributed by atoms with van der Waals surface area (Å²) in [6, 6.07) is 4.55. The van der Waals surface area contributed by atoms with Gasteiger partial charge in [-0.2, -0.15) is 0 Å². The molecule has 17 heavy (non-hydrogen) atoms. The summed E-state index contributed by atoms with van der Waals surface area (Å²) in [5.41, 5.74) is 0.817. The van der Waals surface area contributed by atoms with E-state index in [-0.39, 0.29) is 11.5 Å². The van der Waals surface area contributed by atoms with Gasteiger partial charge in [0.15, 0.2) is 0 Å². The van der Waals surface area contributed by atoms with Crippen molar-refractivity contribution in [1.82, 2.24) is 5.32 Å². The molecule has 1 rings (SSSR count). The Kier molecular flexibility index (Phi) is 4.72. The Morgan fingerprint density at radius 1 is 1.41 bits per heavy atom. The zero-order valence-electron chi connectivity index (χ0n) is 9.24. The van der Waals surface area contributed by atoms with Gasteiger partial charge in [-0.25, -0.2) is 4.79 Å². The van der Waals surface area contributed by atoms with Gasteiger partial charge < -0.3 is 10.4 Å². The third-order valence-electron chi connectivity index (χ3n) is 1.95. The standard InChI is InChI=1S/C12H12ClNO3/c1-8(15)14-4-2-3-9-5-10(12(16)17)7-11(13)6-9/h2-3,5-7H,4H2,1H3,(H,14,15)(H,16,17). The quantitative estimate of drug-likeness (QED) is 0.864. The molecule has 1 aromatic rings. The fraction of sp³-hybridized carbons (Fsp3) is 0.167. The van der Waals surface area contributed by atoms with E-state index in [9.17, 15) is 9.59 Å². The average molecular weight is 254 g/mol. The highest BCUT2D eigenvalue weighted by atomic mass is 35.5. The van der Waals surface area contributed by atoms with Crippen molar-refractivity contribution >= 4 is 29.6 Å².